The molecular formula is C17H32O3SSi. The van der Waals surface area contributed by atoms with Crippen LogP contribution in [0, 0.1) is 11.8 Å². The number of thioether (sulfide) groups is 1. The molecule has 0 bridgehead atoms. The lowest BCUT2D eigenvalue weighted by Crippen LogP contribution is -2.36. The minimum atomic E-state index is -1.54. The van der Waals surface area contributed by atoms with Crippen molar-refractivity contribution in [3.05, 3.63) is 11.6 Å². The van der Waals surface area contributed by atoms with Crippen LogP contribution in [0.15, 0.2) is 11.6 Å². The zero-order chi connectivity index (χ0) is 16.8. The van der Waals surface area contributed by atoms with Gasteiger partial charge in [-0.05, 0) is 62.1 Å². The van der Waals surface area contributed by atoms with Crippen LogP contribution in [0.1, 0.15) is 33.1 Å². The van der Waals surface area contributed by atoms with Crippen LogP contribution < -0.4 is 0 Å². The highest BCUT2D eigenvalue weighted by Gasteiger charge is 2.30. The first-order valence-electron chi connectivity index (χ1n) is 8.24. The Morgan fingerprint density at radius 2 is 2.09 bits per heavy atom. The van der Waals surface area contributed by atoms with Crippen LogP contribution in [0.2, 0.25) is 19.6 Å². The highest BCUT2D eigenvalue weighted by molar-refractivity contribution is 7.99. The molecule has 0 saturated heterocycles. The van der Waals surface area contributed by atoms with Gasteiger partial charge < -0.3 is 9.16 Å². The van der Waals surface area contributed by atoms with Crippen molar-refractivity contribution in [2.45, 2.75) is 58.9 Å². The molecule has 0 radical (unpaired) electrons. The molecule has 0 spiro atoms. The number of methoxy groups -OCH3 is 1. The molecule has 128 valence electrons. The molecule has 3 nitrogen and oxygen atoms in total. The van der Waals surface area contributed by atoms with E-state index in [1.807, 2.05) is 0 Å². The van der Waals surface area contributed by atoms with E-state index >= 15 is 0 Å². The molecule has 1 aliphatic rings. The summed E-state index contributed by atoms with van der Waals surface area (Å²) in [5, 5.41) is 0. The molecule has 0 saturated carbocycles. The highest BCUT2D eigenvalue weighted by Crippen LogP contribution is 2.34. The van der Waals surface area contributed by atoms with E-state index in [0.717, 1.165) is 24.5 Å². The lowest BCUT2D eigenvalue weighted by atomic mass is 9.80. The molecule has 0 unspecified atom stereocenters. The first kappa shape index (κ1) is 19.8. The van der Waals surface area contributed by atoms with Crippen molar-refractivity contribution in [1.29, 1.82) is 0 Å². The Labute approximate surface area is 141 Å². The van der Waals surface area contributed by atoms with Gasteiger partial charge in [-0.2, -0.15) is 0 Å². The van der Waals surface area contributed by atoms with Gasteiger partial charge in [0.05, 0.1) is 19.0 Å². The molecule has 1 aliphatic carbocycles. The molecule has 0 aromatic carbocycles. The van der Waals surface area contributed by atoms with Crippen molar-refractivity contribution in [3.63, 3.8) is 0 Å². The average Bonchev–Trinajstić information content (AvgIpc) is 2.42. The van der Waals surface area contributed by atoms with Crippen LogP contribution in [0.25, 0.3) is 0 Å². The summed E-state index contributed by atoms with van der Waals surface area (Å²) in [5.41, 5.74) is 1.44. The molecule has 5 heteroatoms. The zero-order valence-electron chi connectivity index (χ0n) is 15.0. The van der Waals surface area contributed by atoms with E-state index in [4.69, 9.17) is 4.43 Å². The van der Waals surface area contributed by atoms with E-state index in [1.165, 1.54) is 19.1 Å². The summed E-state index contributed by atoms with van der Waals surface area (Å²) in [7, 11) is -0.103. The summed E-state index contributed by atoms with van der Waals surface area (Å²) < 4.78 is 11.1. The molecule has 0 aromatic rings. The fraction of sp³-hybridized carbons (Fsp3) is 0.824. The number of esters is 1. The summed E-state index contributed by atoms with van der Waals surface area (Å²) in [5.74, 6) is 2.70. The first-order chi connectivity index (χ1) is 10.2. The maximum absolute atomic E-state index is 11.2. The maximum Gasteiger partial charge on any atom is 0.315 e. The van der Waals surface area contributed by atoms with Gasteiger partial charge >= 0.3 is 5.97 Å². The van der Waals surface area contributed by atoms with Gasteiger partial charge in [0.2, 0.25) is 0 Å². The molecule has 0 aromatic heterocycles. The fourth-order valence-corrected chi connectivity index (χ4v) is 4.63. The van der Waals surface area contributed by atoms with Crippen LogP contribution in [0.3, 0.4) is 0 Å². The standard InChI is InChI=1S/C17H32O3SSi/c1-13(2)15-8-7-14(9-10-21-12-17(18)19-3)16(11-15)20-22(4,5)6/h7,13,15-16H,8-12H2,1-6H3/t15-,16+/m1/s1. The van der Waals surface area contributed by atoms with E-state index in [-0.39, 0.29) is 12.1 Å². The van der Waals surface area contributed by atoms with Gasteiger partial charge in [0.25, 0.3) is 0 Å². The average molecular weight is 345 g/mol. The molecule has 0 amide bonds. The molecule has 0 N–H and O–H groups in total. The Hall–Kier alpha value is -0.263. The first-order valence-corrected chi connectivity index (χ1v) is 12.8. The Kier molecular flexibility index (Phi) is 8.21. The van der Waals surface area contributed by atoms with E-state index in [0.29, 0.717) is 11.7 Å². The molecule has 0 fully saturated rings. The Balaban J connectivity index is 2.57. The van der Waals surface area contributed by atoms with Gasteiger partial charge in [-0.25, -0.2) is 0 Å². The van der Waals surface area contributed by atoms with Crippen molar-refractivity contribution >= 4 is 26.0 Å². The third-order valence-corrected chi connectivity index (χ3v) is 5.96. The third-order valence-electron chi connectivity index (χ3n) is 4.03. The van der Waals surface area contributed by atoms with Crippen LogP contribution in [0.5, 0.6) is 0 Å². The lowest BCUT2D eigenvalue weighted by Gasteiger charge is -2.36. The molecule has 22 heavy (non-hydrogen) atoms. The molecule has 2 atom stereocenters. The van der Waals surface area contributed by atoms with E-state index in [1.54, 1.807) is 11.8 Å². The number of allylic oxidation sites excluding steroid dienone is 1. The predicted octanol–water partition coefficient (Wildman–Crippen LogP) is 4.50. The molecule has 0 aliphatic heterocycles. The SMILES string of the molecule is COC(=O)CSCCC1=CC[C@@H](C(C)C)C[C@@H]1O[Si](C)(C)C. The Morgan fingerprint density at radius 3 is 2.64 bits per heavy atom. The third kappa shape index (κ3) is 7.33. The molecule has 1 rings (SSSR count). The topological polar surface area (TPSA) is 35.5 Å². The van der Waals surface area contributed by atoms with Gasteiger partial charge in [-0.15, -0.1) is 11.8 Å². The Bertz CT molecular complexity index is 388. The zero-order valence-corrected chi connectivity index (χ0v) is 16.8. The highest BCUT2D eigenvalue weighted by atomic mass is 32.2. The van der Waals surface area contributed by atoms with Crippen LogP contribution in [-0.2, 0) is 14.0 Å². The second-order valence-electron chi connectivity index (χ2n) is 7.35. The number of hydrogen-bond donors (Lipinski definition) is 0. The van der Waals surface area contributed by atoms with Gasteiger partial charge in [-0.1, -0.05) is 19.9 Å². The number of carbonyl (C=O) groups excluding carboxylic acids is 1. The Morgan fingerprint density at radius 1 is 1.41 bits per heavy atom. The molecular weight excluding hydrogens is 312 g/mol. The lowest BCUT2D eigenvalue weighted by molar-refractivity contribution is -0.137. The quantitative estimate of drug-likeness (QED) is 0.281. The number of rotatable bonds is 8. The summed E-state index contributed by atoms with van der Waals surface area (Å²) in [6.07, 6.45) is 6.01. The maximum atomic E-state index is 11.2. The van der Waals surface area contributed by atoms with Gasteiger partial charge in [0, 0.05) is 0 Å². The summed E-state index contributed by atoms with van der Waals surface area (Å²) in [4.78, 5) is 11.2. The van der Waals surface area contributed by atoms with E-state index in [2.05, 4.69) is 44.3 Å². The van der Waals surface area contributed by atoms with Gasteiger partial charge in [0.15, 0.2) is 8.32 Å². The van der Waals surface area contributed by atoms with Gasteiger partial charge in [0.1, 0.15) is 0 Å². The second-order valence-corrected chi connectivity index (χ2v) is 12.9. The minimum absolute atomic E-state index is 0.141. The van der Waals surface area contributed by atoms with Gasteiger partial charge in [-0.3, -0.25) is 4.79 Å². The molecule has 0 heterocycles. The van der Waals surface area contributed by atoms with Crippen LogP contribution >= 0.6 is 11.8 Å². The van der Waals surface area contributed by atoms with Crippen molar-refractivity contribution < 1.29 is 14.0 Å². The minimum Gasteiger partial charge on any atom is -0.468 e. The monoisotopic (exact) mass is 344 g/mol. The normalized spacial score (nSPS) is 22.6. The number of ether oxygens (including phenoxy) is 1. The van der Waals surface area contributed by atoms with Crippen molar-refractivity contribution in [3.8, 4) is 0 Å². The fourth-order valence-electron chi connectivity index (χ4n) is 2.72. The van der Waals surface area contributed by atoms with E-state index < -0.39 is 8.32 Å². The second kappa shape index (κ2) is 9.14. The number of carbonyl (C=O) groups is 1. The largest absolute Gasteiger partial charge is 0.468 e. The predicted molar refractivity (Wildman–Crippen MR) is 97.8 cm³/mol. The summed E-state index contributed by atoms with van der Waals surface area (Å²) in [6.45, 7) is 11.4. The van der Waals surface area contributed by atoms with Crippen molar-refractivity contribution in [2.75, 3.05) is 18.6 Å². The summed E-state index contributed by atoms with van der Waals surface area (Å²) >= 11 is 1.65. The van der Waals surface area contributed by atoms with E-state index in [9.17, 15) is 4.79 Å². The smallest absolute Gasteiger partial charge is 0.315 e. The van der Waals surface area contributed by atoms with Crippen molar-refractivity contribution in [2.24, 2.45) is 11.8 Å². The van der Waals surface area contributed by atoms with Crippen LogP contribution in [0.4, 0.5) is 0 Å². The van der Waals surface area contributed by atoms with Crippen LogP contribution in [-0.4, -0.2) is 39.0 Å². The number of hydrogen-bond acceptors (Lipinski definition) is 4. The summed E-state index contributed by atoms with van der Waals surface area (Å²) in [6, 6.07) is 0. The van der Waals surface area contributed by atoms with Crippen molar-refractivity contribution in [1.82, 2.24) is 0 Å².